The Hall–Kier alpha value is -4.37. The molecule has 1 aliphatic rings. The monoisotopic (exact) mass is 519 g/mol. The van der Waals surface area contributed by atoms with Crippen molar-refractivity contribution in [3.63, 3.8) is 0 Å². The fraction of sp³-hybridized carbons (Fsp3) is 0.207. The highest BCUT2D eigenvalue weighted by atomic mass is 32.1. The Bertz CT molecular complexity index is 1760. The zero-order valence-electron chi connectivity index (χ0n) is 20.6. The molecule has 0 unspecified atom stereocenters. The zero-order valence-corrected chi connectivity index (χ0v) is 21.4. The molecule has 38 heavy (non-hydrogen) atoms. The Morgan fingerprint density at radius 2 is 1.89 bits per heavy atom. The van der Waals surface area contributed by atoms with Gasteiger partial charge >= 0.3 is 0 Å². The predicted molar refractivity (Wildman–Crippen MR) is 151 cm³/mol. The highest BCUT2D eigenvalue weighted by molar-refractivity contribution is 7.08. The number of carbonyl (C=O) groups is 1. The summed E-state index contributed by atoms with van der Waals surface area (Å²) in [5.41, 5.74) is 7.96. The first-order valence-electron chi connectivity index (χ1n) is 12.8. The average Bonchev–Trinajstić information content (AvgIpc) is 3.73. The first-order valence-corrected chi connectivity index (χ1v) is 13.8. The quantitative estimate of drug-likeness (QED) is 0.232. The van der Waals surface area contributed by atoms with Gasteiger partial charge in [0.1, 0.15) is 5.69 Å². The molecule has 0 spiro atoms. The smallest absolute Gasteiger partial charge is 0.227 e. The number of nitrogens with zero attached hydrogens (tertiary/aromatic N) is 4. The Morgan fingerprint density at radius 1 is 1.00 bits per heavy atom. The molecular formula is C29H25N7OS. The van der Waals surface area contributed by atoms with E-state index in [2.05, 4.69) is 53.4 Å². The second-order valence-corrected chi connectivity index (χ2v) is 10.6. The van der Waals surface area contributed by atoms with E-state index in [1.165, 1.54) is 6.42 Å². The molecule has 3 N–H and O–H groups in total. The van der Waals surface area contributed by atoms with E-state index in [0.717, 1.165) is 70.1 Å². The van der Waals surface area contributed by atoms with Gasteiger partial charge in [-0.15, -0.1) is 0 Å². The number of hydrogen-bond donors (Lipinski definition) is 3. The first-order chi connectivity index (χ1) is 18.7. The Balaban J connectivity index is 1.23. The molecule has 7 rings (SSSR count). The molecule has 1 amide bonds. The van der Waals surface area contributed by atoms with E-state index in [9.17, 15) is 4.79 Å². The number of imidazole rings is 1. The van der Waals surface area contributed by atoms with Crippen LogP contribution in [0.2, 0.25) is 0 Å². The summed E-state index contributed by atoms with van der Waals surface area (Å²) in [4.78, 5) is 30.1. The van der Waals surface area contributed by atoms with Crippen LogP contribution in [0.3, 0.4) is 0 Å². The molecular weight excluding hydrogens is 494 g/mol. The summed E-state index contributed by atoms with van der Waals surface area (Å²) in [7, 11) is 0. The summed E-state index contributed by atoms with van der Waals surface area (Å²) in [5, 5.41) is 15.7. The number of hydrogen-bond acceptors (Lipinski definition) is 6. The van der Waals surface area contributed by atoms with Crippen molar-refractivity contribution < 1.29 is 4.79 Å². The molecule has 0 saturated heterocycles. The van der Waals surface area contributed by atoms with Crippen LogP contribution in [0.1, 0.15) is 32.1 Å². The molecule has 1 fully saturated rings. The summed E-state index contributed by atoms with van der Waals surface area (Å²) >= 11 is 1.67. The molecule has 9 heteroatoms. The van der Waals surface area contributed by atoms with Crippen molar-refractivity contribution in [3.05, 3.63) is 65.7 Å². The van der Waals surface area contributed by atoms with Crippen LogP contribution < -0.4 is 5.32 Å². The van der Waals surface area contributed by atoms with Gasteiger partial charge in [0, 0.05) is 35.0 Å². The lowest BCUT2D eigenvalue weighted by atomic mass is 9.88. The third-order valence-electron chi connectivity index (χ3n) is 7.31. The third-order valence-corrected chi connectivity index (χ3v) is 7.99. The number of benzene rings is 1. The number of fused-ring (bicyclic) bond motifs is 2. The molecule has 1 saturated carbocycles. The molecule has 188 valence electrons. The van der Waals surface area contributed by atoms with E-state index < -0.39 is 0 Å². The van der Waals surface area contributed by atoms with E-state index in [4.69, 9.17) is 4.98 Å². The van der Waals surface area contributed by atoms with E-state index in [1.807, 2.05) is 24.3 Å². The molecule has 0 atom stereocenters. The average molecular weight is 520 g/mol. The molecule has 6 aromatic rings. The summed E-state index contributed by atoms with van der Waals surface area (Å²) in [6.07, 6.45) is 10.6. The van der Waals surface area contributed by atoms with Gasteiger partial charge in [0.15, 0.2) is 11.5 Å². The fourth-order valence-electron chi connectivity index (χ4n) is 5.31. The molecule has 8 nitrogen and oxygen atoms in total. The van der Waals surface area contributed by atoms with Gasteiger partial charge in [0.2, 0.25) is 5.91 Å². The number of pyridine rings is 2. The number of nitrogens with one attached hydrogen (secondary N) is 3. The molecule has 1 aliphatic carbocycles. The molecule has 0 bridgehead atoms. The number of aromatic amines is 2. The number of aromatic nitrogens is 6. The van der Waals surface area contributed by atoms with Crippen LogP contribution >= 0.6 is 11.3 Å². The maximum absolute atomic E-state index is 12.8. The first kappa shape index (κ1) is 22.8. The van der Waals surface area contributed by atoms with Gasteiger partial charge in [-0.1, -0.05) is 31.4 Å². The third kappa shape index (κ3) is 4.14. The molecule has 0 aliphatic heterocycles. The van der Waals surface area contributed by atoms with Gasteiger partial charge < -0.3 is 10.3 Å². The molecule has 0 radical (unpaired) electrons. The van der Waals surface area contributed by atoms with Crippen LogP contribution in [0.15, 0.2) is 65.7 Å². The number of carbonyl (C=O) groups excluding carboxylic acids is 1. The lowest BCUT2D eigenvalue weighted by molar-refractivity contribution is -0.120. The number of amides is 1. The van der Waals surface area contributed by atoms with Gasteiger partial charge in [0.25, 0.3) is 0 Å². The van der Waals surface area contributed by atoms with Gasteiger partial charge in [0.05, 0.1) is 28.3 Å². The molecule has 1 aromatic carbocycles. The second-order valence-electron chi connectivity index (χ2n) is 9.78. The van der Waals surface area contributed by atoms with Crippen LogP contribution in [-0.4, -0.2) is 36.0 Å². The summed E-state index contributed by atoms with van der Waals surface area (Å²) in [5.74, 6) is 0.875. The summed E-state index contributed by atoms with van der Waals surface area (Å²) in [6, 6.07) is 12.3. The van der Waals surface area contributed by atoms with Crippen molar-refractivity contribution >= 4 is 45.0 Å². The maximum Gasteiger partial charge on any atom is 0.227 e. The van der Waals surface area contributed by atoms with Crippen LogP contribution in [0.5, 0.6) is 0 Å². The number of thiophene rings is 1. The number of H-pyrrole nitrogens is 2. The van der Waals surface area contributed by atoms with Gasteiger partial charge in [-0.2, -0.15) is 16.4 Å². The minimum Gasteiger partial charge on any atom is -0.337 e. The number of anilines is 1. The van der Waals surface area contributed by atoms with Crippen molar-refractivity contribution in [1.29, 1.82) is 0 Å². The van der Waals surface area contributed by atoms with Crippen molar-refractivity contribution in [2.45, 2.75) is 32.1 Å². The highest BCUT2D eigenvalue weighted by Crippen LogP contribution is 2.33. The van der Waals surface area contributed by atoms with Crippen molar-refractivity contribution in [1.82, 2.24) is 30.1 Å². The zero-order chi connectivity index (χ0) is 25.5. The van der Waals surface area contributed by atoms with Crippen LogP contribution in [-0.2, 0) is 4.79 Å². The SMILES string of the molecule is O=C(Nc1cncc(-c2cnc3n[nH]c(-c4nc5c(-c6ccsc6)cccc5[nH]4)c3c2)c1)C1CCCCC1. The van der Waals surface area contributed by atoms with Crippen LogP contribution in [0.4, 0.5) is 5.69 Å². The Kier molecular flexibility index (Phi) is 5.70. The molecule has 5 heterocycles. The second kappa shape index (κ2) is 9.50. The predicted octanol–water partition coefficient (Wildman–Crippen LogP) is 6.81. The number of rotatable bonds is 5. The minimum absolute atomic E-state index is 0.0843. The summed E-state index contributed by atoms with van der Waals surface area (Å²) in [6.45, 7) is 0. The number of para-hydroxylation sites is 1. The van der Waals surface area contributed by atoms with Crippen molar-refractivity contribution in [3.8, 4) is 33.8 Å². The fourth-order valence-corrected chi connectivity index (χ4v) is 5.97. The van der Waals surface area contributed by atoms with Gasteiger partial charge in [-0.25, -0.2) is 9.97 Å². The van der Waals surface area contributed by atoms with Crippen LogP contribution in [0.25, 0.3) is 55.8 Å². The lowest BCUT2D eigenvalue weighted by Crippen LogP contribution is -2.24. The standard InChI is InChI=1S/C29H25N7OS/c37-29(17-5-2-1-3-6-17)32-21-11-19(13-30-15-21)20-12-23-26(35-36-27(23)31-14-20)28-33-24-8-4-7-22(25(24)34-28)18-9-10-38-16-18/h4,7-17H,1-3,5-6H2,(H,32,37)(H,33,34)(H,31,35,36). The summed E-state index contributed by atoms with van der Waals surface area (Å²) < 4.78 is 0. The lowest BCUT2D eigenvalue weighted by Gasteiger charge is -2.20. The van der Waals surface area contributed by atoms with Gasteiger partial charge in [-0.05, 0) is 53.4 Å². The molecule has 5 aromatic heterocycles. The Morgan fingerprint density at radius 3 is 2.76 bits per heavy atom. The maximum atomic E-state index is 12.8. The topological polar surface area (TPSA) is 112 Å². The Labute approximate surface area is 222 Å². The van der Waals surface area contributed by atoms with E-state index in [-0.39, 0.29) is 11.8 Å². The van der Waals surface area contributed by atoms with Crippen LogP contribution in [0, 0.1) is 5.92 Å². The van der Waals surface area contributed by atoms with E-state index in [1.54, 1.807) is 29.9 Å². The van der Waals surface area contributed by atoms with E-state index >= 15 is 0 Å². The van der Waals surface area contributed by atoms with Crippen molar-refractivity contribution in [2.75, 3.05) is 5.32 Å². The highest BCUT2D eigenvalue weighted by Gasteiger charge is 2.21. The minimum atomic E-state index is 0.0843. The largest absolute Gasteiger partial charge is 0.337 e. The van der Waals surface area contributed by atoms with E-state index in [0.29, 0.717) is 17.2 Å². The normalized spacial score (nSPS) is 14.3. The van der Waals surface area contributed by atoms with Gasteiger partial charge in [-0.3, -0.25) is 14.9 Å². The van der Waals surface area contributed by atoms with Crippen molar-refractivity contribution in [2.24, 2.45) is 5.92 Å².